The van der Waals surface area contributed by atoms with E-state index in [1.54, 1.807) is 26.2 Å². The molecule has 346 valence electrons. The minimum atomic E-state index is -0.594. The minimum absolute atomic E-state index is 0.00691. The fourth-order valence-electron chi connectivity index (χ4n) is 9.90. The van der Waals surface area contributed by atoms with Gasteiger partial charge in [0, 0.05) is 65.3 Å². The van der Waals surface area contributed by atoms with Gasteiger partial charge in [-0.2, -0.15) is 0 Å². The third kappa shape index (κ3) is 14.9. The first-order chi connectivity index (χ1) is 29.3. The highest BCUT2D eigenvalue weighted by atomic mass is 16.5. The Balaban J connectivity index is 1.77. The lowest BCUT2D eigenvalue weighted by molar-refractivity contribution is -0.149. The van der Waals surface area contributed by atoms with Crippen LogP contribution >= 0.6 is 0 Å². The predicted octanol–water partition coefficient (Wildman–Crippen LogP) is 8.44. The first-order valence-electron chi connectivity index (χ1n) is 23.3. The van der Waals surface area contributed by atoms with Crippen LogP contribution in [-0.2, 0) is 46.3 Å². The third-order valence-corrected chi connectivity index (χ3v) is 13.6. The number of hydrogen-bond acceptors (Lipinski definition) is 8. The van der Waals surface area contributed by atoms with Crippen LogP contribution in [0.2, 0.25) is 0 Å². The second-order valence-corrected chi connectivity index (χ2v) is 19.2. The molecule has 2 aromatic rings. The van der Waals surface area contributed by atoms with Crippen LogP contribution in [0, 0.1) is 42.4 Å². The van der Waals surface area contributed by atoms with Gasteiger partial charge in [0.1, 0.15) is 11.6 Å². The van der Waals surface area contributed by atoms with Gasteiger partial charge in [-0.15, -0.1) is 0 Å². The van der Waals surface area contributed by atoms with Crippen LogP contribution in [0.4, 0.5) is 0 Å². The molecule has 1 aliphatic heterocycles. The number of benzene rings is 2. The highest BCUT2D eigenvalue weighted by molar-refractivity contribution is 5.90. The highest BCUT2D eigenvalue weighted by Crippen LogP contribution is 2.32. The molecule has 1 aliphatic rings. The molecule has 0 bridgehead atoms. The van der Waals surface area contributed by atoms with Crippen LogP contribution in [-0.4, -0.2) is 116 Å². The predicted molar refractivity (Wildman–Crippen MR) is 249 cm³/mol. The van der Waals surface area contributed by atoms with Gasteiger partial charge in [0.25, 0.3) is 0 Å². The number of amides is 2. The molecule has 0 aliphatic carbocycles. The zero-order valence-electron chi connectivity index (χ0n) is 40.5. The molecular weight excluding hydrogens is 779 g/mol. The lowest BCUT2D eigenvalue weighted by Crippen LogP contribution is -2.54. The molecule has 2 aromatic carbocycles. The summed E-state index contributed by atoms with van der Waals surface area (Å²) in [5.74, 6) is -1.11. The van der Waals surface area contributed by atoms with Crippen molar-refractivity contribution < 1.29 is 33.4 Å². The zero-order valence-corrected chi connectivity index (χ0v) is 40.5. The van der Waals surface area contributed by atoms with Gasteiger partial charge in [-0.05, 0) is 81.5 Å². The number of likely N-dealkylation sites (N-methyl/N-ethyl adjacent to an activating group) is 2. The summed E-state index contributed by atoms with van der Waals surface area (Å²) in [7, 11) is 8.80. The number of hydrogen-bond donors (Lipinski definition) is 0. The fraction of sp³-hybridized carbons (Fsp3) is 0.673. The Morgan fingerprint density at radius 2 is 1.42 bits per heavy atom. The molecule has 0 aromatic heterocycles. The van der Waals surface area contributed by atoms with Crippen molar-refractivity contribution >= 4 is 29.2 Å². The number of carbonyl (C=O) groups is 5. The first kappa shape index (κ1) is 52.6. The van der Waals surface area contributed by atoms with Gasteiger partial charge < -0.3 is 19.3 Å². The molecule has 1 heterocycles. The monoisotopic (exact) mass is 860 g/mol. The molecule has 0 saturated carbocycles. The van der Waals surface area contributed by atoms with Crippen molar-refractivity contribution in [2.45, 2.75) is 150 Å². The van der Waals surface area contributed by atoms with Gasteiger partial charge in [-0.25, -0.2) is 0 Å². The van der Waals surface area contributed by atoms with Gasteiger partial charge >= 0.3 is 0 Å². The van der Waals surface area contributed by atoms with Crippen molar-refractivity contribution in [3.63, 3.8) is 0 Å². The molecule has 0 unspecified atom stereocenters. The lowest BCUT2D eigenvalue weighted by atomic mass is 9.83. The molecule has 3 rings (SSSR count). The van der Waals surface area contributed by atoms with Crippen LogP contribution in [0.3, 0.4) is 0 Å². The number of nitrogens with zero attached hydrogens (tertiary/aromatic N) is 3. The Bertz CT molecular complexity index is 1700. The number of ketones is 3. The Morgan fingerprint density at radius 1 is 0.774 bits per heavy atom. The summed E-state index contributed by atoms with van der Waals surface area (Å²) in [6.07, 6.45) is 3.61. The SMILES string of the molecule is CC[C@H](C)[C@@H]([C@@H](CC(=O)N1CCC[C@H]1[C@H](OC)[C@@H](C)C(=O)C[C@@H](CC(=O)CCc1ccc(C)cc1)Cc1ccccc1)OC)N(C)C(=O)[C@@H](CC(=O)[C@H](C(C)C)N(C)C)C(C)C. The van der Waals surface area contributed by atoms with E-state index < -0.39 is 30.1 Å². The summed E-state index contributed by atoms with van der Waals surface area (Å²) < 4.78 is 12.2. The molecular formula is C52H81N3O7. The van der Waals surface area contributed by atoms with Gasteiger partial charge in [-0.1, -0.05) is 115 Å². The van der Waals surface area contributed by atoms with E-state index in [0.29, 0.717) is 38.6 Å². The first-order valence-corrected chi connectivity index (χ1v) is 23.3. The molecule has 0 spiro atoms. The Morgan fingerprint density at radius 3 is 1.97 bits per heavy atom. The molecule has 10 heteroatoms. The Labute approximate surface area is 374 Å². The maximum Gasteiger partial charge on any atom is 0.226 e. The number of ether oxygens (including phenoxy) is 2. The second kappa shape index (κ2) is 25.5. The van der Waals surface area contributed by atoms with Crippen molar-refractivity contribution in [1.82, 2.24) is 14.7 Å². The highest BCUT2D eigenvalue weighted by Gasteiger charge is 2.43. The standard InChI is InChI=1S/C52H81N3O7/c1-14-37(7)50(54(11)52(60)43(34(2)3)32-46(58)49(35(4)5)53(9)10)47(61-12)33-48(59)55-28-18-21-44(55)51(62-13)38(8)45(57)31-41(29-40-19-16-15-17-20-40)30-42(56)27-26-39-24-22-36(6)23-25-39/h15-17,19-20,22-25,34-35,37-38,41,43-44,47,49-51H,14,18,21,26-33H2,1-13H3/t37-,38-,41+,43-,44-,47+,49-,50-,51+/m0/s1. The molecule has 1 fully saturated rings. The zero-order chi connectivity index (χ0) is 46.3. The summed E-state index contributed by atoms with van der Waals surface area (Å²) >= 11 is 0. The van der Waals surface area contributed by atoms with E-state index in [-0.39, 0.29) is 84.2 Å². The summed E-state index contributed by atoms with van der Waals surface area (Å²) in [6, 6.07) is 17.3. The molecule has 2 amide bonds. The number of likely N-dealkylation sites (tertiary alicyclic amines) is 1. The van der Waals surface area contributed by atoms with Gasteiger partial charge in [-0.3, -0.25) is 28.9 Å². The summed E-state index contributed by atoms with van der Waals surface area (Å²) in [6.45, 7) is 16.7. The second-order valence-electron chi connectivity index (χ2n) is 19.2. The van der Waals surface area contributed by atoms with E-state index in [2.05, 4.69) is 38.1 Å². The lowest BCUT2D eigenvalue weighted by Gasteiger charge is -2.41. The van der Waals surface area contributed by atoms with E-state index in [9.17, 15) is 24.0 Å². The van der Waals surface area contributed by atoms with Crippen molar-refractivity contribution in [3.8, 4) is 0 Å². The third-order valence-electron chi connectivity index (χ3n) is 13.6. The van der Waals surface area contributed by atoms with Crippen molar-refractivity contribution in [3.05, 3.63) is 71.3 Å². The Kier molecular flexibility index (Phi) is 21.7. The van der Waals surface area contributed by atoms with Crippen molar-refractivity contribution in [1.29, 1.82) is 0 Å². The van der Waals surface area contributed by atoms with Crippen molar-refractivity contribution in [2.75, 3.05) is 41.9 Å². The number of Topliss-reactive ketones (excluding diaryl/α,β-unsaturated/α-hetero) is 3. The summed E-state index contributed by atoms with van der Waals surface area (Å²) in [4.78, 5) is 75.6. The van der Waals surface area contributed by atoms with Gasteiger partial charge in [0.2, 0.25) is 11.8 Å². The normalized spacial score (nSPS) is 18.3. The fourth-order valence-corrected chi connectivity index (χ4v) is 9.90. The molecule has 62 heavy (non-hydrogen) atoms. The average Bonchev–Trinajstić information content (AvgIpc) is 3.71. The number of rotatable bonds is 27. The summed E-state index contributed by atoms with van der Waals surface area (Å²) in [5, 5.41) is 0. The molecule has 0 radical (unpaired) electrons. The maximum absolute atomic E-state index is 14.4. The van der Waals surface area contributed by atoms with Crippen molar-refractivity contribution in [2.24, 2.45) is 35.5 Å². The van der Waals surface area contributed by atoms with Crippen LogP contribution in [0.5, 0.6) is 0 Å². The summed E-state index contributed by atoms with van der Waals surface area (Å²) in [5.41, 5.74) is 3.40. The van der Waals surface area contributed by atoms with E-state index in [1.165, 1.54) is 5.56 Å². The van der Waals surface area contributed by atoms with Crippen LogP contribution in [0.1, 0.15) is 117 Å². The minimum Gasteiger partial charge on any atom is -0.379 e. The smallest absolute Gasteiger partial charge is 0.226 e. The number of methoxy groups -OCH3 is 2. The van der Waals surface area contributed by atoms with Crippen LogP contribution < -0.4 is 0 Å². The van der Waals surface area contributed by atoms with Crippen LogP contribution in [0.25, 0.3) is 0 Å². The molecule has 0 N–H and O–H groups in total. The molecule has 10 nitrogen and oxygen atoms in total. The maximum atomic E-state index is 14.4. The van der Waals surface area contributed by atoms with Gasteiger partial charge in [0.15, 0.2) is 5.78 Å². The number of carbonyl (C=O) groups excluding carboxylic acids is 5. The topological polar surface area (TPSA) is 114 Å². The van der Waals surface area contributed by atoms with E-state index in [0.717, 1.165) is 24.0 Å². The average molecular weight is 860 g/mol. The largest absolute Gasteiger partial charge is 0.379 e. The number of aryl methyl sites for hydroxylation is 2. The quantitative estimate of drug-likeness (QED) is 0.0881. The van der Waals surface area contributed by atoms with E-state index in [1.807, 2.05) is 95.8 Å². The Hall–Kier alpha value is -3.73. The molecule has 1 saturated heterocycles. The van der Waals surface area contributed by atoms with E-state index in [4.69, 9.17) is 9.47 Å². The van der Waals surface area contributed by atoms with Crippen LogP contribution in [0.15, 0.2) is 54.6 Å². The van der Waals surface area contributed by atoms with E-state index >= 15 is 0 Å². The van der Waals surface area contributed by atoms with Gasteiger partial charge in [0.05, 0.1) is 36.8 Å². The molecule has 9 atom stereocenters.